The number of aryl methyl sites for hydroxylation is 2. The van der Waals surface area contributed by atoms with E-state index in [1.807, 2.05) is 43.0 Å². The van der Waals surface area contributed by atoms with E-state index in [1.165, 1.54) is 0 Å². The molecular weight excluding hydrogens is 290 g/mol. The third-order valence-corrected chi connectivity index (χ3v) is 4.02. The minimum Gasteiger partial charge on any atom is -0.460 e. The van der Waals surface area contributed by atoms with Crippen molar-refractivity contribution in [3.8, 4) is 6.01 Å². The lowest BCUT2D eigenvalue weighted by molar-refractivity contribution is 0.0578. The van der Waals surface area contributed by atoms with E-state index >= 15 is 0 Å². The zero-order valence-corrected chi connectivity index (χ0v) is 13.5. The van der Waals surface area contributed by atoms with Gasteiger partial charge in [-0.3, -0.25) is 4.79 Å². The van der Waals surface area contributed by atoms with Gasteiger partial charge >= 0.3 is 6.01 Å². The number of likely N-dealkylation sites (tertiary alicyclic amines) is 1. The molecule has 0 unspecified atom stereocenters. The van der Waals surface area contributed by atoms with E-state index in [-0.39, 0.29) is 12.0 Å². The van der Waals surface area contributed by atoms with Crippen molar-refractivity contribution < 1.29 is 9.53 Å². The summed E-state index contributed by atoms with van der Waals surface area (Å²) in [5.41, 5.74) is 2.87. The normalized spacial score (nSPS) is 15.5. The van der Waals surface area contributed by atoms with Crippen LogP contribution in [0.1, 0.15) is 34.3 Å². The maximum absolute atomic E-state index is 12.5. The maximum Gasteiger partial charge on any atom is 0.316 e. The van der Waals surface area contributed by atoms with Gasteiger partial charge in [0, 0.05) is 43.9 Å². The summed E-state index contributed by atoms with van der Waals surface area (Å²) in [5.74, 6) is 0.0961. The molecule has 0 bridgehead atoms. The Morgan fingerprint density at radius 2 is 1.83 bits per heavy atom. The van der Waals surface area contributed by atoms with E-state index in [1.54, 1.807) is 12.4 Å². The molecule has 1 amide bonds. The van der Waals surface area contributed by atoms with Crippen LogP contribution in [0.5, 0.6) is 6.01 Å². The van der Waals surface area contributed by atoms with Crippen molar-refractivity contribution in [1.29, 1.82) is 0 Å². The number of rotatable bonds is 3. The summed E-state index contributed by atoms with van der Waals surface area (Å²) in [6.45, 7) is 5.34. The van der Waals surface area contributed by atoms with E-state index in [0.717, 1.165) is 29.5 Å². The van der Waals surface area contributed by atoms with E-state index in [0.29, 0.717) is 19.1 Å². The minimum absolute atomic E-state index is 0.0688. The second-order valence-electron chi connectivity index (χ2n) is 6.02. The molecule has 1 fully saturated rings. The molecule has 1 aliphatic rings. The molecule has 1 saturated heterocycles. The minimum atomic E-state index is 0.0688. The van der Waals surface area contributed by atoms with Crippen molar-refractivity contribution in [1.82, 2.24) is 14.9 Å². The highest BCUT2D eigenvalue weighted by Gasteiger charge is 2.25. The molecule has 2 heterocycles. The van der Waals surface area contributed by atoms with Gasteiger partial charge in [0.05, 0.1) is 0 Å². The Balaban J connectivity index is 1.55. The van der Waals surface area contributed by atoms with Gasteiger partial charge in [-0.1, -0.05) is 17.7 Å². The molecule has 1 aromatic carbocycles. The largest absolute Gasteiger partial charge is 0.460 e. The van der Waals surface area contributed by atoms with E-state index in [4.69, 9.17) is 4.74 Å². The second kappa shape index (κ2) is 6.77. The molecule has 5 nitrogen and oxygen atoms in total. The standard InChI is InChI=1S/C18H21N3O2/c1-13-4-3-5-15(10-13)17(22)21-8-6-16(7-9-21)23-18-19-11-14(2)12-20-18/h3-5,10-12,16H,6-9H2,1-2H3. The van der Waals surface area contributed by atoms with Gasteiger partial charge in [0.25, 0.3) is 5.91 Å². The fraction of sp³-hybridized carbons (Fsp3) is 0.389. The predicted molar refractivity (Wildman–Crippen MR) is 87.5 cm³/mol. The molecule has 0 spiro atoms. The van der Waals surface area contributed by atoms with Crippen molar-refractivity contribution in [2.45, 2.75) is 32.8 Å². The second-order valence-corrected chi connectivity index (χ2v) is 6.02. The van der Waals surface area contributed by atoms with Gasteiger partial charge in [0.1, 0.15) is 6.10 Å². The van der Waals surface area contributed by atoms with Crippen molar-refractivity contribution in [2.75, 3.05) is 13.1 Å². The fourth-order valence-electron chi connectivity index (χ4n) is 2.73. The van der Waals surface area contributed by atoms with Gasteiger partial charge in [0.15, 0.2) is 0 Å². The Morgan fingerprint density at radius 1 is 1.13 bits per heavy atom. The molecule has 0 radical (unpaired) electrons. The fourth-order valence-corrected chi connectivity index (χ4v) is 2.73. The van der Waals surface area contributed by atoms with Crippen LogP contribution in [0.25, 0.3) is 0 Å². The third kappa shape index (κ3) is 3.86. The highest BCUT2D eigenvalue weighted by Crippen LogP contribution is 2.18. The van der Waals surface area contributed by atoms with E-state index < -0.39 is 0 Å². The monoisotopic (exact) mass is 311 g/mol. The number of aromatic nitrogens is 2. The van der Waals surface area contributed by atoms with E-state index in [2.05, 4.69) is 9.97 Å². The molecule has 5 heteroatoms. The third-order valence-electron chi connectivity index (χ3n) is 4.02. The van der Waals surface area contributed by atoms with Crippen LogP contribution in [0.15, 0.2) is 36.7 Å². The van der Waals surface area contributed by atoms with Crippen LogP contribution in [0.2, 0.25) is 0 Å². The first-order valence-corrected chi connectivity index (χ1v) is 7.93. The summed E-state index contributed by atoms with van der Waals surface area (Å²) in [4.78, 5) is 22.7. The zero-order valence-electron chi connectivity index (χ0n) is 13.5. The Labute approximate surface area is 136 Å². The van der Waals surface area contributed by atoms with Gasteiger partial charge in [-0.25, -0.2) is 9.97 Å². The van der Waals surface area contributed by atoms with Crippen LogP contribution >= 0.6 is 0 Å². The van der Waals surface area contributed by atoms with Crippen LogP contribution in [-0.4, -0.2) is 40.0 Å². The molecular formula is C18H21N3O2. The number of hydrogen-bond acceptors (Lipinski definition) is 4. The molecule has 1 aliphatic heterocycles. The number of piperidine rings is 1. The first-order valence-electron chi connectivity index (χ1n) is 7.93. The van der Waals surface area contributed by atoms with Crippen LogP contribution in [0.4, 0.5) is 0 Å². The lowest BCUT2D eigenvalue weighted by Crippen LogP contribution is -2.41. The van der Waals surface area contributed by atoms with Gasteiger partial charge in [-0.2, -0.15) is 0 Å². The number of carbonyl (C=O) groups is 1. The Hall–Kier alpha value is -2.43. The van der Waals surface area contributed by atoms with E-state index in [9.17, 15) is 4.79 Å². The highest BCUT2D eigenvalue weighted by molar-refractivity contribution is 5.94. The van der Waals surface area contributed by atoms with Gasteiger partial charge in [0.2, 0.25) is 0 Å². The number of carbonyl (C=O) groups excluding carboxylic acids is 1. The van der Waals surface area contributed by atoms with Crippen LogP contribution in [0, 0.1) is 13.8 Å². The molecule has 120 valence electrons. The lowest BCUT2D eigenvalue weighted by atomic mass is 10.1. The maximum atomic E-state index is 12.5. The lowest BCUT2D eigenvalue weighted by Gasteiger charge is -2.31. The summed E-state index contributed by atoms with van der Waals surface area (Å²) >= 11 is 0. The molecule has 0 atom stereocenters. The first-order chi connectivity index (χ1) is 11.1. The SMILES string of the molecule is Cc1cnc(OC2CCN(C(=O)c3cccc(C)c3)CC2)nc1. The molecule has 1 aromatic heterocycles. The van der Waals surface area contributed by atoms with Crippen molar-refractivity contribution >= 4 is 5.91 Å². The van der Waals surface area contributed by atoms with Crippen LogP contribution in [0.3, 0.4) is 0 Å². The van der Waals surface area contributed by atoms with Gasteiger partial charge < -0.3 is 9.64 Å². The summed E-state index contributed by atoms with van der Waals surface area (Å²) in [5, 5.41) is 0. The number of amides is 1. The predicted octanol–water partition coefficient (Wildman–Crippen LogP) is 2.78. The zero-order chi connectivity index (χ0) is 16.2. The average molecular weight is 311 g/mol. The Morgan fingerprint density at radius 3 is 2.48 bits per heavy atom. The smallest absolute Gasteiger partial charge is 0.316 e. The number of benzene rings is 1. The molecule has 2 aromatic rings. The van der Waals surface area contributed by atoms with Gasteiger partial charge in [-0.15, -0.1) is 0 Å². The average Bonchev–Trinajstić information content (AvgIpc) is 2.57. The number of nitrogens with zero attached hydrogens (tertiary/aromatic N) is 3. The summed E-state index contributed by atoms with van der Waals surface area (Å²) in [6.07, 6.45) is 5.17. The Bertz CT molecular complexity index is 677. The van der Waals surface area contributed by atoms with Gasteiger partial charge in [-0.05, 0) is 31.5 Å². The number of ether oxygens (including phenoxy) is 1. The van der Waals surface area contributed by atoms with Crippen LogP contribution < -0.4 is 4.74 Å². The Kier molecular flexibility index (Phi) is 4.55. The van der Waals surface area contributed by atoms with Crippen molar-refractivity contribution in [2.24, 2.45) is 0 Å². The molecule has 0 aliphatic carbocycles. The van der Waals surface area contributed by atoms with Crippen molar-refractivity contribution in [3.63, 3.8) is 0 Å². The molecule has 0 saturated carbocycles. The van der Waals surface area contributed by atoms with Crippen molar-refractivity contribution in [3.05, 3.63) is 53.3 Å². The highest BCUT2D eigenvalue weighted by atomic mass is 16.5. The first kappa shape index (κ1) is 15.5. The quantitative estimate of drug-likeness (QED) is 0.874. The molecule has 23 heavy (non-hydrogen) atoms. The molecule has 0 N–H and O–H groups in total. The summed E-state index contributed by atoms with van der Waals surface area (Å²) in [7, 11) is 0. The van der Waals surface area contributed by atoms with Crippen LogP contribution in [-0.2, 0) is 0 Å². The summed E-state index contributed by atoms with van der Waals surface area (Å²) in [6, 6.07) is 8.15. The number of hydrogen-bond donors (Lipinski definition) is 0. The molecule has 3 rings (SSSR count). The summed E-state index contributed by atoms with van der Waals surface area (Å²) < 4.78 is 5.80. The topological polar surface area (TPSA) is 55.3 Å².